The average molecular weight is 339 g/mol. The van der Waals surface area contributed by atoms with Crippen LogP contribution in [-0.2, 0) is 16.8 Å². The summed E-state index contributed by atoms with van der Waals surface area (Å²) in [6.07, 6.45) is 4.53. The SMILES string of the molecule is Cc1cc(=O)n(CC(=O)NCC2(c3ccccc3)CCCC2)nc1C. The third-order valence-electron chi connectivity index (χ3n) is 5.30. The third-order valence-corrected chi connectivity index (χ3v) is 5.30. The maximum absolute atomic E-state index is 12.4. The molecule has 1 aromatic heterocycles. The molecule has 0 aliphatic heterocycles. The molecule has 1 amide bonds. The van der Waals surface area contributed by atoms with Crippen molar-refractivity contribution in [1.82, 2.24) is 15.1 Å². The lowest BCUT2D eigenvalue weighted by Crippen LogP contribution is -2.41. The number of aryl methyl sites for hydroxylation is 2. The van der Waals surface area contributed by atoms with E-state index >= 15 is 0 Å². The van der Waals surface area contributed by atoms with Gasteiger partial charge in [0, 0.05) is 18.0 Å². The summed E-state index contributed by atoms with van der Waals surface area (Å²) in [5.74, 6) is -0.167. The molecule has 0 spiro atoms. The number of carbonyl (C=O) groups is 1. The summed E-state index contributed by atoms with van der Waals surface area (Å²) >= 11 is 0. The van der Waals surface area contributed by atoms with Gasteiger partial charge in [-0.15, -0.1) is 0 Å². The second kappa shape index (κ2) is 7.21. The monoisotopic (exact) mass is 339 g/mol. The summed E-state index contributed by atoms with van der Waals surface area (Å²) in [4.78, 5) is 24.4. The molecule has 0 saturated heterocycles. The maximum Gasteiger partial charge on any atom is 0.267 e. The molecule has 5 nitrogen and oxygen atoms in total. The summed E-state index contributed by atoms with van der Waals surface area (Å²) in [7, 11) is 0. The van der Waals surface area contributed by atoms with Gasteiger partial charge >= 0.3 is 0 Å². The van der Waals surface area contributed by atoms with Crippen molar-refractivity contribution in [2.45, 2.75) is 51.5 Å². The topological polar surface area (TPSA) is 64.0 Å². The molecule has 2 aromatic rings. The van der Waals surface area contributed by atoms with Gasteiger partial charge in [-0.3, -0.25) is 9.59 Å². The zero-order valence-electron chi connectivity index (χ0n) is 14.9. The van der Waals surface area contributed by atoms with Crippen molar-refractivity contribution in [1.29, 1.82) is 0 Å². The summed E-state index contributed by atoms with van der Waals surface area (Å²) in [5.41, 5.74) is 2.67. The standard InChI is InChI=1S/C20H25N3O2/c1-15-12-19(25)23(22-16(15)2)13-18(24)21-14-20(10-6-7-11-20)17-8-4-3-5-9-17/h3-5,8-9,12H,6-7,10-11,13-14H2,1-2H3,(H,21,24). The summed E-state index contributed by atoms with van der Waals surface area (Å²) in [5, 5.41) is 7.25. The van der Waals surface area contributed by atoms with Crippen LogP contribution in [0, 0.1) is 13.8 Å². The van der Waals surface area contributed by atoms with Gasteiger partial charge in [0.15, 0.2) is 0 Å². The van der Waals surface area contributed by atoms with Gasteiger partial charge in [-0.25, -0.2) is 4.68 Å². The number of hydrogen-bond donors (Lipinski definition) is 1. The Labute approximate surface area is 148 Å². The maximum atomic E-state index is 12.4. The van der Waals surface area contributed by atoms with E-state index in [0.717, 1.165) is 24.1 Å². The van der Waals surface area contributed by atoms with Crippen molar-refractivity contribution in [3.05, 3.63) is 63.6 Å². The molecular formula is C20H25N3O2. The smallest absolute Gasteiger partial charge is 0.267 e. The molecule has 1 N–H and O–H groups in total. The van der Waals surface area contributed by atoms with Crippen LogP contribution in [0.3, 0.4) is 0 Å². The molecule has 0 radical (unpaired) electrons. The fraction of sp³-hybridized carbons (Fsp3) is 0.450. The number of nitrogens with zero attached hydrogens (tertiary/aromatic N) is 2. The molecular weight excluding hydrogens is 314 g/mol. The third kappa shape index (κ3) is 3.81. The Balaban J connectivity index is 1.69. The number of nitrogens with one attached hydrogen (secondary N) is 1. The van der Waals surface area contributed by atoms with Crippen LogP contribution >= 0.6 is 0 Å². The molecule has 0 bridgehead atoms. The Hall–Kier alpha value is -2.43. The van der Waals surface area contributed by atoms with Gasteiger partial charge in [-0.2, -0.15) is 5.10 Å². The van der Waals surface area contributed by atoms with Crippen LogP contribution < -0.4 is 10.9 Å². The second-order valence-corrected chi connectivity index (χ2v) is 7.04. The van der Waals surface area contributed by atoms with Crippen LogP contribution in [0.1, 0.15) is 42.5 Å². The Morgan fingerprint density at radius 2 is 1.88 bits per heavy atom. The van der Waals surface area contributed by atoms with E-state index in [4.69, 9.17) is 0 Å². The lowest BCUT2D eigenvalue weighted by atomic mass is 9.79. The van der Waals surface area contributed by atoms with Crippen molar-refractivity contribution in [2.24, 2.45) is 0 Å². The van der Waals surface area contributed by atoms with E-state index in [2.05, 4.69) is 34.7 Å². The molecule has 5 heteroatoms. The fourth-order valence-corrected chi connectivity index (χ4v) is 3.66. The zero-order chi connectivity index (χ0) is 17.9. The predicted octanol–water partition coefficient (Wildman–Crippen LogP) is 2.49. The number of amides is 1. The van der Waals surface area contributed by atoms with Gasteiger partial charge in [-0.1, -0.05) is 43.2 Å². The van der Waals surface area contributed by atoms with Crippen molar-refractivity contribution >= 4 is 5.91 Å². The van der Waals surface area contributed by atoms with Gasteiger partial charge in [0.05, 0.1) is 5.69 Å². The Morgan fingerprint density at radius 1 is 1.20 bits per heavy atom. The first-order valence-electron chi connectivity index (χ1n) is 8.88. The van der Waals surface area contributed by atoms with Gasteiger partial charge in [0.2, 0.25) is 5.91 Å². The first-order valence-corrected chi connectivity index (χ1v) is 8.88. The lowest BCUT2D eigenvalue weighted by Gasteiger charge is -2.30. The highest BCUT2D eigenvalue weighted by Gasteiger charge is 2.35. The second-order valence-electron chi connectivity index (χ2n) is 7.04. The van der Waals surface area contributed by atoms with Crippen LogP contribution in [0.15, 0.2) is 41.2 Å². The Morgan fingerprint density at radius 3 is 2.56 bits per heavy atom. The average Bonchev–Trinajstić information content (AvgIpc) is 3.09. The molecule has 1 aliphatic rings. The number of carbonyl (C=O) groups excluding carboxylic acids is 1. The minimum Gasteiger partial charge on any atom is -0.354 e. The van der Waals surface area contributed by atoms with Gasteiger partial charge < -0.3 is 5.32 Å². The molecule has 1 fully saturated rings. The largest absolute Gasteiger partial charge is 0.354 e. The van der Waals surface area contributed by atoms with Gasteiger partial charge in [-0.05, 0) is 37.8 Å². The number of rotatable bonds is 5. The van der Waals surface area contributed by atoms with Crippen LogP contribution in [-0.4, -0.2) is 22.2 Å². The van der Waals surface area contributed by atoms with Crippen LogP contribution in [0.5, 0.6) is 0 Å². The zero-order valence-corrected chi connectivity index (χ0v) is 14.9. The van der Waals surface area contributed by atoms with Gasteiger partial charge in [0.1, 0.15) is 6.54 Å². The molecule has 25 heavy (non-hydrogen) atoms. The molecule has 1 aromatic carbocycles. The van der Waals surface area contributed by atoms with E-state index in [1.807, 2.05) is 19.9 Å². The van der Waals surface area contributed by atoms with E-state index in [0.29, 0.717) is 6.54 Å². The van der Waals surface area contributed by atoms with Crippen LogP contribution in [0.2, 0.25) is 0 Å². The lowest BCUT2D eigenvalue weighted by molar-refractivity contribution is -0.122. The van der Waals surface area contributed by atoms with Crippen molar-refractivity contribution < 1.29 is 4.79 Å². The minimum absolute atomic E-state index is 0.0124. The fourth-order valence-electron chi connectivity index (χ4n) is 3.66. The molecule has 0 atom stereocenters. The molecule has 0 unspecified atom stereocenters. The normalized spacial score (nSPS) is 15.9. The number of hydrogen-bond acceptors (Lipinski definition) is 3. The van der Waals surface area contributed by atoms with E-state index in [-0.39, 0.29) is 23.4 Å². The van der Waals surface area contributed by atoms with Crippen molar-refractivity contribution in [3.63, 3.8) is 0 Å². The van der Waals surface area contributed by atoms with E-state index < -0.39 is 0 Å². The quantitative estimate of drug-likeness (QED) is 0.910. The number of benzene rings is 1. The highest BCUT2D eigenvalue weighted by Crippen LogP contribution is 2.40. The van der Waals surface area contributed by atoms with Crippen molar-refractivity contribution in [3.8, 4) is 0 Å². The van der Waals surface area contributed by atoms with Crippen molar-refractivity contribution in [2.75, 3.05) is 6.54 Å². The summed E-state index contributed by atoms with van der Waals surface area (Å²) in [6, 6.07) is 11.9. The molecule has 1 aliphatic carbocycles. The Bertz CT molecular complexity index is 805. The van der Waals surface area contributed by atoms with Gasteiger partial charge in [0.25, 0.3) is 5.56 Å². The van der Waals surface area contributed by atoms with E-state index in [9.17, 15) is 9.59 Å². The predicted molar refractivity (Wildman–Crippen MR) is 97.6 cm³/mol. The highest BCUT2D eigenvalue weighted by atomic mass is 16.2. The van der Waals surface area contributed by atoms with E-state index in [1.165, 1.54) is 29.2 Å². The molecule has 1 heterocycles. The highest BCUT2D eigenvalue weighted by molar-refractivity contribution is 5.75. The van der Waals surface area contributed by atoms with Crippen LogP contribution in [0.4, 0.5) is 0 Å². The molecule has 3 rings (SSSR count). The molecule has 1 saturated carbocycles. The molecule has 132 valence electrons. The summed E-state index contributed by atoms with van der Waals surface area (Å²) < 4.78 is 1.24. The first-order chi connectivity index (χ1) is 12.0. The van der Waals surface area contributed by atoms with Crippen LogP contribution in [0.25, 0.3) is 0 Å². The Kier molecular flexibility index (Phi) is 5.02. The number of aromatic nitrogens is 2. The first kappa shape index (κ1) is 17.4. The minimum atomic E-state index is -0.239. The summed E-state index contributed by atoms with van der Waals surface area (Å²) in [6.45, 7) is 4.25. The van der Waals surface area contributed by atoms with E-state index in [1.54, 1.807) is 0 Å².